The van der Waals surface area contributed by atoms with Crippen LogP contribution in [0, 0.1) is 0 Å². The Hall–Kier alpha value is -5.22. The van der Waals surface area contributed by atoms with Crippen molar-refractivity contribution < 1.29 is 33.7 Å². The molecular formula is C36H34ClN3O7. The summed E-state index contributed by atoms with van der Waals surface area (Å²) >= 11 is 6.07. The molecule has 0 aromatic heterocycles. The molecule has 3 N–H and O–H groups in total. The molecule has 3 heterocycles. The Morgan fingerprint density at radius 3 is 2.62 bits per heavy atom. The number of piperidine rings is 1. The maximum Gasteiger partial charge on any atom is 0.258 e. The van der Waals surface area contributed by atoms with Crippen molar-refractivity contribution in [2.75, 3.05) is 26.8 Å². The van der Waals surface area contributed by atoms with Gasteiger partial charge in [0, 0.05) is 37.2 Å². The van der Waals surface area contributed by atoms with Gasteiger partial charge in [0.15, 0.2) is 6.61 Å². The Bertz CT molecular complexity index is 1800. The first-order valence-electron chi connectivity index (χ1n) is 15.3. The second-order valence-electron chi connectivity index (χ2n) is 11.5. The molecule has 3 amide bonds. The number of fused-ring (bicyclic) bond motifs is 7. The number of ether oxygens (including phenoxy) is 3. The molecule has 1 saturated heterocycles. The minimum atomic E-state index is -0.532. The Labute approximate surface area is 277 Å². The third-order valence-corrected chi connectivity index (χ3v) is 8.57. The van der Waals surface area contributed by atoms with Crippen molar-refractivity contribution in [3.8, 4) is 34.1 Å². The molecule has 4 aromatic carbocycles. The smallest absolute Gasteiger partial charge is 0.258 e. The summed E-state index contributed by atoms with van der Waals surface area (Å²) in [4.78, 5) is 41.4. The number of halogens is 1. The van der Waals surface area contributed by atoms with Gasteiger partial charge >= 0.3 is 0 Å². The van der Waals surface area contributed by atoms with Crippen LogP contribution in [0.1, 0.15) is 27.9 Å². The number of rotatable bonds is 3. The van der Waals surface area contributed by atoms with Crippen molar-refractivity contribution in [3.05, 3.63) is 107 Å². The van der Waals surface area contributed by atoms with Crippen LogP contribution in [0.3, 0.4) is 0 Å². The Morgan fingerprint density at radius 2 is 1.83 bits per heavy atom. The normalized spacial score (nSPS) is 18.1. The van der Waals surface area contributed by atoms with Crippen molar-refractivity contribution in [3.63, 3.8) is 0 Å². The highest BCUT2D eigenvalue weighted by atomic mass is 35.5. The summed E-state index contributed by atoms with van der Waals surface area (Å²) in [6.07, 6.45) is 0.147. The maximum absolute atomic E-state index is 13.8. The molecule has 11 heteroatoms. The fourth-order valence-corrected chi connectivity index (χ4v) is 5.93. The van der Waals surface area contributed by atoms with Gasteiger partial charge in [0.2, 0.25) is 5.91 Å². The van der Waals surface area contributed by atoms with Crippen LogP contribution in [-0.4, -0.2) is 66.7 Å². The fraction of sp³-hybridized carbons (Fsp3) is 0.250. The number of nitrogens with one attached hydrogen (secondary N) is 2. The molecule has 3 aliphatic rings. The van der Waals surface area contributed by atoms with Gasteiger partial charge in [0.1, 0.15) is 29.1 Å². The fourth-order valence-electron chi connectivity index (χ4n) is 5.72. The van der Waals surface area contributed by atoms with E-state index in [4.69, 9.17) is 25.8 Å². The first-order valence-corrected chi connectivity index (χ1v) is 15.6. The zero-order valence-corrected chi connectivity index (χ0v) is 26.5. The molecule has 0 spiro atoms. The molecule has 242 valence electrons. The summed E-state index contributed by atoms with van der Waals surface area (Å²) in [5.74, 6) is 0.880. The van der Waals surface area contributed by atoms with Crippen LogP contribution >= 0.6 is 11.6 Å². The van der Waals surface area contributed by atoms with Gasteiger partial charge in [-0.15, -0.1) is 0 Å². The largest absolute Gasteiger partial charge is 0.506 e. The lowest BCUT2D eigenvalue weighted by Crippen LogP contribution is -2.58. The van der Waals surface area contributed by atoms with Crippen LogP contribution < -0.4 is 24.8 Å². The van der Waals surface area contributed by atoms with Gasteiger partial charge in [-0.1, -0.05) is 41.9 Å². The average Bonchev–Trinajstić information content (AvgIpc) is 3.08. The highest BCUT2D eigenvalue weighted by Crippen LogP contribution is 2.33. The Morgan fingerprint density at radius 1 is 1.00 bits per heavy atom. The van der Waals surface area contributed by atoms with Crippen molar-refractivity contribution in [1.82, 2.24) is 15.5 Å². The standard InChI is InChI=1S/C36H34ClN3O7/c1-45-32-12-8-25-18-28(32)24-3-2-4-27(17-24)46-21-34(42)38-19-22-5-9-26(10-6-22)47-33-13-14-40(20-30(33)39-36(25)44)35(43)16-23-7-11-31(41)29(37)15-23/h2-12,15,17-18,30,33,41H,13-14,16,19-21H2,1H3,(H,38,42)(H,39,44)/t30-,33-/m1/s1. The van der Waals surface area contributed by atoms with E-state index in [9.17, 15) is 19.5 Å². The maximum atomic E-state index is 13.8. The summed E-state index contributed by atoms with van der Waals surface area (Å²) < 4.78 is 17.8. The van der Waals surface area contributed by atoms with Crippen LogP contribution in [0.5, 0.6) is 23.0 Å². The molecule has 3 aliphatic heterocycles. The molecule has 1 fully saturated rings. The number of amides is 3. The van der Waals surface area contributed by atoms with Crippen molar-refractivity contribution >= 4 is 29.3 Å². The number of benzene rings is 4. The lowest BCUT2D eigenvalue weighted by atomic mass is 9.98. The van der Waals surface area contributed by atoms with Gasteiger partial charge in [-0.2, -0.15) is 0 Å². The van der Waals surface area contributed by atoms with Gasteiger partial charge in [0.05, 0.1) is 24.6 Å². The lowest BCUT2D eigenvalue weighted by molar-refractivity contribution is -0.133. The first kappa shape index (κ1) is 31.7. The second-order valence-corrected chi connectivity index (χ2v) is 11.9. The summed E-state index contributed by atoms with van der Waals surface area (Å²) in [5.41, 5.74) is 3.37. The molecule has 0 unspecified atom stereocenters. The predicted molar refractivity (Wildman–Crippen MR) is 176 cm³/mol. The monoisotopic (exact) mass is 655 g/mol. The number of carbonyl (C=O) groups excluding carboxylic acids is 3. The van der Waals surface area contributed by atoms with Gasteiger partial charge in [-0.05, 0) is 71.3 Å². The van der Waals surface area contributed by atoms with E-state index in [1.807, 2.05) is 36.4 Å². The third-order valence-electron chi connectivity index (χ3n) is 8.26. The molecule has 7 rings (SSSR count). The topological polar surface area (TPSA) is 126 Å². The number of methoxy groups -OCH3 is 1. The zero-order chi connectivity index (χ0) is 32.9. The SMILES string of the molecule is COc1ccc2cc1-c1cccc(c1)OCC(=O)NCc1ccc(cc1)O[C@@H]1CCN(C(=O)Cc3ccc(O)c(Cl)c3)C[C@H]1NC2=O. The summed E-state index contributed by atoms with van der Waals surface area (Å²) in [5, 5.41) is 15.9. The van der Waals surface area contributed by atoms with E-state index in [2.05, 4.69) is 10.6 Å². The van der Waals surface area contributed by atoms with Crippen LogP contribution in [-0.2, 0) is 22.6 Å². The second kappa shape index (κ2) is 14.0. The van der Waals surface area contributed by atoms with Crippen molar-refractivity contribution in [2.45, 2.75) is 31.5 Å². The zero-order valence-electron chi connectivity index (χ0n) is 25.7. The number of phenolic OH excluding ortho intramolecular Hbond substituents is 1. The molecule has 4 aromatic rings. The average molecular weight is 656 g/mol. The molecule has 0 saturated carbocycles. The van der Waals surface area contributed by atoms with Crippen LogP contribution in [0.15, 0.2) is 84.9 Å². The van der Waals surface area contributed by atoms with Crippen LogP contribution in [0.25, 0.3) is 11.1 Å². The third kappa shape index (κ3) is 7.61. The minimum Gasteiger partial charge on any atom is -0.506 e. The molecule has 10 nitrogen and oxygen atoms in total. The number of hydrogen-bond donors (Lipinski definition) is 3. The number of aromatic hydroxyl groups is 1. The van der Waals surface area contributed by atoms with Gasteiger partial charge in [0.25, 0.3) is 11.8 Å². The lowest BCUT2D eigenvalue weighted by Gasteiger charge is -2.39. The van der Waals surface area contributed by atoms with E-state index in [0.29, 0.717) is 53.4 Å². The highest BCUT2D eigenvalue weighted by molar-refractivity contribution is 6.32. The van der Waals surface area contributed by atoms with Crippen molar-refractivity contribution in [2.24, 2.45) is 0 Å². The van der Waals surface area contributed by atoms with E-state index in [0.717, 1.165) is 11.1 Å². The van der Waals surface area contributed by atoms with E-state index in [-0.39, 0.29) is 48.1 Å². The number of phenols is 1. The van der Waals surface area contributed by atoms with E-state index in [1.54, 1.807) is 54.5 Å². The molecule has 6 bridgehead atoms. The van der Waals surface area contributed by atoms with Crippen LogP contribution in [0.4, 0.5) is 0 Å². The van der Waals surface area contributed by atoms with Gasteiger partial charge in [-0.25, -0.2) is 0 Å². The van der Waals surface area contributed by atoms with Crippen LogP contribution in [0.2, 0.25) is 5.02 Å². The predicted octanol–water partition coefficient (Wildman–Crippen LogP) is 4.75. The first-order chi connectivity index (χ1) is 22.7. The highest BCUT2D eigenvalue weighted by Gasteiger charge is 2.34. The molecule has 0 aliphatic carbocycles. The molecule has 2 atom stereocenters. The summed E-state index contributed by atoms with van der Waals surface area (Å²) in [6.45, 7) is 0.817. The van der Waals surface area contributed by atoms with E-state index < -0.39 is 12.1 Å². The number of hydrogen-bond acceptors (Lipinski definition) is 7. The molecular weight excluding hydrogens is 622 g/mol. The van der Waals surface area contributed by atoms with Gasteiger partial charge < -0.3 is 34.9 Å². The van der Waals surface area contributed by atoms with E-state index in [1.165, 1.54) is 6.07 Å². The Kier molecular flexibility index (Phi) is 9.49. The quantitative estimate of drug-likeness (QED) is 0.291. The minimum absolute atomic E-state index is 0.0488. The molecule has 47 heavy (non-hydrogen) atoms. The molecule has 0 radical (unpaired) electrons. The van der Waals surface area contributed by atoms with Crippen molar-refractivity contribution in [1.29, 1.82) is 0 Å². The number of likely N-dealkylation sites (tertiary alicyclic amines) is 1. The van der Waals surface area contributed by atoms with E-state index >= 15 is 0 Å². The summed E-state index contributed by atoms with van der Waals surface area (Å²) in [7, 11) is 1.56. The van der Waals surface area contributed by atoms with Gasteiger partial charge in [-0.3, -0.25) is 14.4 Å². The summed E-state index contributed by atoms with van der Waals surface area (Å²) in [6, 6.07) is 23.9. The number of carbonyl (C=O) groups is 3. The number of nitrogens with zero attached hydrogens (tertiary/aromatic N) is 1. The Balaban J connectivity index is 1.30.